The second-order valence-corrected chi connectivity index (χ2v) is 6.34. The smallest absolute Gasteiger partial charge is 0.217 e. The first-order chi connectivity index (χ1) is 6.91. The van der Waals surface area contributed by atoms with Crippen LogP contribution in [0.1, 0.15) is 19.3 Å². The van der Waals surface area contributed by atoms with E-state index in [1.54, 1.807) is 0 Å². The molecule has 6 heteroatoms. The average Bonchev–Trinajstić information content (AvgIpc) is 2.45. The number of carbonyl (C=O) groups excluding carboxylic acids is 1. The number of sulfone groups is 1. The van der Waals surface area contributed by atoms with Gasteiger partial charge in [0.25, 0.3) is 0 Å². The Kier molecular flexibility index (Phi) is 4.10. The van der Waals surface area contributed by atoms with Gasteiger partial charge in [0.2, 0.25) is 5.91 Å². The van der Waals surface area contributed by atoms with Gasteiger partial charge in [-0.2, -0.15) is 0 Å². The van der Waals surface area contributed by atoms with Crippen molar-refractivity contribution in [3.05, 3.63) is 0 Å². The Hall–Kier alpha value is -0.620. The Labute approximate surface area is 90.5 Å². The topological polar surface area (TPSA) is 80.5 Å². The molecule has 1 fully saturated rings. The molecule has 15 heavy (non-hydrogen) atoms. The van der Waals surface area contributed by atoms with Gasteiger partial charge >= 0.3 is 0 Å². The van der Waals surface area contributed by atoms with E-state index in [4.69, 9.17) is 5.73 Å². The first-order valence-electron chi connectivity index (χ1n) is 5.10. The maximum Gasteiger partial charge on any atom is 0.217 e. The van der Waals surface area contributed by atoms with E-state index >= 15 is 0 Å². The molecule has 0 aromatic heterocycles. The summed E-state index contributed by atoms with van der Waals surface area (Å²) in [4.78, 5) is 12.5. The highest BCUT2D eigenvalue weighted by molar-refractivity contribution is 7.91. The van der Waals surface area contributed by atoms with E-state index in [0.717, 1.165) is 6.54 Å². The quantitative estimate of drug-likeness (QED) is 0.687. The molecule has 5 nitrogen and oxygen atoms in total. The van der Waals surface area contributed by atoms with Gasteiger partial charge in [-0.05, 0) is 26.4 Å². The maximum atomic E-state index is 11.2. The lowest BCUT2D eigenvalue weighted by Gasteiger charge is -2.22. The van der Waals surface area contributed by atoms with Gasteiger partial charge in [0.1, 0.15) is 0 Å². The average molecular weight is 234 g/mol. The lowest BCUT2D eigenvalue weighted by Crippen LogP contribution is -2.33. The van der Waals surface area contributed by atoms with Crippen LogP contribution >= 0.6 is 0 Å². The van der Waals surface area contributed by atoms with Gasteiger partial charge in [0, 0.05) is 12.5 Å². The van der Waals surface area contributed by atoms with Crippen LogP contribution in [0.4, 0.5) is 0 Å². The number of primary amides is 1. The summed E-state index contributed by atoms with van der Waals surface area (Å²) in [5.41, 5.74) is 5.02. The number of hydrogen-bond acceptors (Lipinski definition) is 4. The van der Waals surface area contributed by atoms with E-state index in [0.29, 0.717) is 19.3 Å². The van der Waals surface area contributed by atoms with E-state index < -0.39 is 9.84 Å². The molecule has 0 bridgehead atoms. The predicted octanol–water partition coefficient (Wildman–Crippen LogP) is -0.629. The second kappa shape index (κ2) is 4.94. The van der Waals surface area contributed by atoms with Crippen molar-refractivity contribution in [3.63, 3.8) is 0 Å². The zero-order valence-corrected chi connectivity index (χ0v) is 9.79. The van der Waals surface area contributed by atoms with Crippen molar-refractivity contribution >= 4 is 15.7 Å². The van der Waals surface area contributed by atoms with Crippen LogP contribution in [0.2, 0.25) is 0 Å². The standard InChI is InChI=1S/C9H18N2O3S/c1-11(5-2-3-9(10)12)8-4-6-15(13,14)7-8/h8H,2-7H2,1H3,(H2,10,12). The molecule has 1 atom stereocenters. The van der Waals surface area contributed by atoms with Crippen molar-refractivity contribution in [3.8, 4) is 0 Å². The highest BCUT2D eigenvalue weighted by Crippen LogP contribution is 2.16. The Morgan fingerprint density at radius 2 is 2.20 bits per heavy atom. The normalized spacial score (nSPS) is 24.5. The van der Waals surface area contributed by atoms with Gasteiger partial charge in [-0.3, -0.25) is 4.79 Å². The Morgan fingerprint density at radius 3 is 2.67 bits per heavy atom. The molecular weight excluding hydrogens is 216 g/mol. The molecule has 0 saturated carbocycles. The van der Waals surface area contributed by atoms with Crippen LogP contribution in [-0.2, 0) is 14.6 Å². The zero-order valence-electron chi connectivity index (χ0n) is 8.98. The summed E-state index contributed by atoms with van der Waals surface area (Å²) in [7, 11) is -0.920. The molecule has 0 aliphatic carbocycles. The third-order valence-corrected chi connectivity index (χ3v) is 4.52. The molecule has 1 heterocycles. The van der Waals surface area contributed by atoms with Gasteiger partial charge in [0.05, 0.1) is 11.5 Å². The Bertz CT molecular complexity index is 326. The van der Waals surface area contributed by atoms with Gasteiger partial charge in [0.15, 0.2) is 9.84 Å². The van der Waals surface area contributed by atoms with E-state index in [1.165, 1.54) is 0 Å². The SMILES string of the molecule is CN(CCCC(N)=O)C1CCS(=O)(=O)C1. The molecule has 1 aliphatic rings. The summed E-state index contributed by atoms with van der Waals surface area (Å²) < 4.78 is 22.5. The van der Waals surface area contributed by atoms with E-state index in [1.807, 2.05) is 11.9 Å². The van der Waals surface area contributed by atoms with Crippen molar-refractivity contribution in [1.82, 2.24) is 4.90 Å². The third kappa shape index (κ3) is 4.17. The van der Waals surface area contributed by atoms with Gasteiger partial charge < -0.3 is 10.6 Å². The Morgan fingerprint density at radius 1 is 1.53 bits per heavy atom. The van der Waals surface area contributed by atoms with Crippen LogP contribution in [0.3, 0.4) is 0 Å². The summed E-state index contributed by atoms with van der Waals surface area (Å²) >= 11 is 0. The molecule has 1 saturated heterocycles. The molecule has 0 aromatic carbocycles. The minimum atomic E-state index is -2.82. The van der Waals surface area contributed by atoms with Crippen LogP contribution in [-0.4, -0.2) is 50.4 Å². The minimum absolute atomic E-state index is 0.114. The number of nitrogens with zero attached hydrogens (tertiary/aromatic N) is 1. The second-order valence-electron chi connectivity index (χ2n) is 4.11. The molecule has 88 valence electrons. The summed E-state index contributed by atoms with van der Waals surface area (Å²) in [6.45, 7) is 0.725. The molecule has 0 aromatic rings. The summed E-state index contributed by atoms with van der Waals surface area (Å²) in [5.74, 6) is 0.236. The fraction of sp³-hybridized carbons (Fsp3) is 0.889. The number of rotatable bonds is 5. The van der Waals surface area contributed by atoms with Gasteiger partial charge in [-0.15, -0.1) is 0 Å². The van der Waals surface area contributed by atoms with Crippen LogP contribution < -0.4 is 5.73 Å². The van der Waals surface area contributed by atoms with Gasteiger partial charge in [-0.25, -0.2) is 8.42 Å². The van der Waals surface area contributed by atoms with E-state index in [2.05, 4.69) is 0 Å². The largest absolute Gasteiger partial charge is 0.370 e. The number of nitrogens with two attached hydrogens (primary N) is 1. The highest BCUT2D eigenvalue weighted by atomic mass is 32.2. The van der Waals surface area contributed by atoms with Crippen LogP contribution in [0.5, 0.6) is 0 Å². The molecule has 1 amide bonds. The molecule has 1 unspecified atom stereocenters. The van der Waals surface area contributed by atoms with Crippen LogP contribution in [0.25, 0.3) is 0 Å². The predicted molar refractivity (Wildman–Crippen MR) is 58.1 cm³/mol. The van der Waals surface area contributed by atoms with Crippen molar-refractivity contribution in [2.24, 2.45) is 5.73 Å². The Balaban J connectivity index is 2.29. The monoisotopic (exact) mass is 234 g/mol. The minimum Gasteiger partial charge on any atom is -0.370 e. The molecule has 2 N–H and O–H groups in total. The molecule has 1 rings (SSSR count). The molecular formula is C9H18N2O3S. The number of hydrogen-bond donors (Lipinski definition) is 1. The molecule has 0 spiro atoms. The fourth-order valence-corrected chi connectivity index (χ4v) is 3.61. The lowest BCUT2D eigenvalue weighted by atomic mass is 10.2. The summed E-state index contributed by atoms with van der Waals surface area (Å²) in [6.07, 6.45) is 1.77. The summed E-state index contributed by atoms with van der Waals surface area (Å²) in [5, 5.41) is 0. The highest BCUT2D eigenvalue weighted by Gasteiger charge is 2.30. The first kappa shape index (κ1) is 12.4. The number of amides is 1. The van der Waals surface area contributed by atoms with Gasteiger partial charge in [-0.1, -0.05) is 0 Å². The van der Waals surface area contributed by atoms with Crippen molar-refractivity contribution in [2.45, 2.75) is 25.3 Å². The zero-order chi connectivity index (χ0) is 11.5. The van der Waals surface area contributed by atoms with Crippen molar-refractivity contribution in [2.75, 3.05) is 25.1 Å². The van der Waals surface area contributed by atoms with Crippen LogP contribution in [0, 0.1) is 0 Å². The maximum absolute atomic E-state index is 11.2. The van der Waals surface area contributed by atoms with Crippen molar-refractivity contribution < 1.29 is 13.2 Å². The van der Waals surface area contributed by atoms with E-state index in [-0.39, 0.29) is 23.5 Å². The lowest BCUT2D eigenvalue weighted by molar-refractivity contribution is -0.118. The summed E-state index contributed by atoms with van der Waals surface area (Å²) in [6, 6.07) is 0.114. The fourth-order valence-electron chi connectivity index (χ4n) is 1.81. The van der Waals surface area contributed by atoms with E-state index in [9.17, 15) is 13.2 Å². The molecule has 1 aliphatic heterocycles. The number of carbonyl (C=O) groups is 1. The molecule has 0 radical (unpaired) electrons. The van der Waals surface area contributed by atoms with Crippen molar-refractivity contribution in [1.29, 1.82) is 0 Å². The third-order valence-electron chi connectivity index (χ3n) is 2.77. The van der Waals surface area contributed by atoms with Crippen LogP contribution in [0.15, 0.2) is 0 Å². The first-order valence-corrected chi connectivity index (χ1v) is 6.92.